The van der Waals surface area contributed by atoms with Gasteiger partial charge in [-0.1, -0.05) is 17.7 Å². The second-order valence-electron chi connectivity index (χ2n) is 3.11. The van der Waals surface area contributed by atoms with Crippen LogP contribution in [0.15, 0.2) is 18.2 Å². The fourth-order valence-electron chi connectivity index (χ4n) is 1.12. The molecule has 0 heterocycles. The topological polar surface area (TPSA) is 52.9 Å². The highest BCUT2D eigenvalue weighted by Gasteiger charge is 2.06. The Balaban J connectivity index is 2.57. The van der Waals surface area contributed by atoms with Crippen LogP contribution in [0.1, 0.15) is 5.56 Å². The van der Waals surface area contributed by atoms with E-state index in [9.17, 15) is 4.79 Å². The Labute approximate surface area is 104 Å². The van der Waals surface area contributed by atoms with E-state index in [-0.39, 0.29) is 11.7 Å². The maximum atomic E-state index is 11.5. The van der Waals surface area contributed by atoms with E-state index in [4.69, 9.17) is 16.9 Å². The third-order valence-corrected chi connectivity index (χ3v) is 3.15. The SMILES string of the molecule is Cc1c(Cl)cccc1NC(=O)CSCC#N. The van der Waals surface area contributed by atoms with E-state index in [1.807, 2.05) is 13.0 Å². The molecule has 0 aliphatic carbocycles. The van der Waals surface area contributed by atoms with Crippen LogP contribution in [0, 0.1) is 18.3 Å². The van der Waals surface area contributed by atoms with Crippen molar-refractivity contribution in [3.05, 3.63) is 28.8 Å². The van der Waals surface area contributed by atoms with Gasteiger partial charge in [-0.25, -0.2) is 0 Å². The zero-order valence-electron chi connectivity index (χ0n) is 8.79. The van der Waals surface area contributed by atoms with Gasteiger partial charge in [-0.15, -0.1) is 11.8 Å². The van der Waals surface area contributed by atoms with Gasteiger partial charge >= 0.3 is 0 Å². The number of hydrogen-bond acceptors (Lipinski definition) is 3. The minimum absolute atomic E-state index is 0.120. The van der Waals surface area contributed by atoms with E-state index in [1.54, 1.807) is 18.2 Å². The molecule has 1 amide bonds. The molecule has 1 aromatic rings. The molecule has 16 heavy (non-hydrogen) atoms. The summed E-state index contributed by atoms with van der Waals surface area (Å²) >= 11 is 7.21. The summed E-state index contributed by atoms with van der Waals surface area (Å²) in [4.78, 5) is 11.5. The van der Waals surface area contributed by atoms with Crippen LogP contribution in [0.3, 0.4) is 0 Å². The lowest BCUT2D eigenvalue weighted by Crippen LogP contribution is -2.15. The van der Waals surface area contributed by atoms with Crippen LogP contribution in [-0.4, -0.2) is 17.4 Å². The van der Waals surface area contributed by atoms with Gasteiger partial charge in [0.2, 0.25) is 5.91 Å². The maximum absolute atomic E-state index is 11.5. The Morgan fingerprint density at radius 1 is 1.62 bits per heavy atom. The predicted molar refractivity (Wildman–Crippen MR) is 67.8 cm³/mol. The van der Waals surface area contributed by atoms with Crippen molar-refractivity contribution in [2.24, 2.45) is 0 Å². The van der Waals surface area contributed by atoms with Crippen LogP contribution >= 0.6 is 23.4 Å². The molecule has 0 aromatic heterocycles. The number of rotatable bonds is 4. The summed E-state index contributed by atoms with van der Waals surface area (Å²) in [6.07, 6.45) is 0. The summed E-state index contributed by atoms with van der Waals surface area (Å²) < 4.78 is 0. The molecule has 0 fully saturated rings. The number of nitrogens with one attached hydrogen (secondary N) is 1. The van der Waals surface area contributed by atoms with Crippen molar-refractivity contribution in [1.29, 1.82) is 5.26 Å². The van der Waals surface area contributed by atoms with Gasteiger partial charge in [-0.2, -0.15) is 5.26 Å². The monoisotopic (exact) mass is 254 g/mol. The molecule has 0 saturated heterocycles. The number of thioether (sulfide) groups is 1. The lowest BCUT2D eigenvalue weighted by atomic mass is 10.2. The van der Waals surface area contributed by atoms with Crippen LogP contribution < -0.4 is 5.32 Å². The smallest absolute Gasteiger partial charge is 0.234 e. The van der Waals surface area contributed by atoms with E-state index < -0.39 is 0 Å². The summed E-state index contributed by atoms with van der Waals surface area (Å²) in [5.41, 5.74) is 1.57. The molecule has 84 valence electrons. The summed E-state index contributed by atoms with van der Waals surface area (Å²) in [7, 11) is 0. The Hall–Kier alpha value is -1.18. The normalized spacial score (nSPS) is 9.56. The first-order valence-electron chi connectivity index (χ1n) is 4.65. The number of carbonyl (C=O) groups excluding carboxylic acids is 1. The Kier molecular flexibility index (Phi) is 5.17. The molecule has 3 nitrogen and oxygen atoms in total. The zero-order valence-corrected chi connectivity index (χ0v) is 10.4. The van der Waals surface area contributed by atoms with E-state index >= 15 is 0 Å². The van der Waals surface area contributed by atoms with Gasteiger partial charge in [0.25, 0.3) is 0 Å². The molecule has 0 atom stereocenters. The number of hydrogen-bond donors (Lipinski definition) is 1. The minimum Gasteiger partial charge on any atom is -0.325 e. The first kappa shape index (κ1) is 12.9. The Morgan fingerprint density at radius 2 is 2.38 bits per heavy atom. The van der Waals surface area contributed by atoms with Crippen molar-refractivity contribution < 1.29 is 4.79 Å². The average Bonchev–Trinajstić information content (AvgIpc) is 2.25. The number of nitriles is 1. The fraction of sp³-hybridized carbons (Fsp3) is 0.273. The van der Waals surface area contributed by atoms with Crippen molar-refractivity contribution in [2.45, 2.75) is 6.92 Å². The van der Waals surface area contributed by atoms with Crippen molar-refractivity contribution in [3.63, 3.8) is 0 Å². The van der Waals surface area contributed by atoms with Gasteiger partial charge < -0.3 is 5.32 Å². The van der Waals surface area contributed by atoms with Gasteiger partial charge in [0, 0.05) is 10.7 Å². The predicted octanol–water partition coefficient (Wildman–Crippen LogP) is 2.84. The molecule has 0 saturated carbocycles. The molecule has 0 bridgehead atoms. The maximum Gasteiger partial charge on any atom is 0.234 e. The third-order valence-electron chi connectivity index (χ3n) is 1.94. The molecule has 1 N–H and O–H groups in total. The number of carbonyl (C=O) groups is 1. The zero-order chi connectivity index (χ0) is 12.0. The lowest BCUT2D eigenvalue weighted by molar-refractivity contribution is -0.113. The van der Waals surface area contributed by atoms with E-state index in [0.29, 0.717) is 10.8 Å². The summed E-state index contributed by atoms with van der Waals surface area (Å²) in [5, 5.41) is 11.7. The fourth-order valence-corrected chi connectivity index (χ4v) is 1.74. The highest BCUT2D eigenvalue weighted by atomic mass is 35.5. The van der Waals surface area contributed by atoms with Gasteiger partial charge in [-0.05, 0) is 24.6 Å². The van der Waals surface area contributed by atoms with Crippen molar-refractivity contribution >= 4 is 35.0 Å². The van der Waals surface area contributed by atoms with Gasteiger partial charge in [0.15, 0.2) is 0 Å². The Morgan fingerprint density at radius 3 is 3.06 bits per heavy atom. The molecular weight excluding hydrogens is 244 g/mol. The van der Waals surface area contributed by atoms with Crippen molar-refractivity contribution in [2.75, 3.05) is 16.8 Å². The van der Waals surface area contributed by atoms with Crippen LogP contribution in [0.25, 0.3) is 0 Å². The average molecular weight is 255 g/mol. The molecule has 0 unspecified atom stereocenters. The first-order chi connectivity index (χ1) is 7.65. The molecule has 5 heteroatoms. The van der Waals surface area contributed by atoms with Crippen LogP contribution in [0.5, 0.6) is 0 Å². The van der Waals surface area contributed by atoms with E-state index in [2.05, 4.69) is 5.32 Å². The van der Waals surface area contributed by atoms with Gasteiger partial charge in [-0.3, -0.25) is 4.79 Å². The van der Waals surface area contributed by atoms with Crippen molar-refractivity contribution in [1.82, 2.24) is 0 Å². The summed E-state index contributed by atoms with van der Waals surface area (Å²) in [6, 6.07) is 7.33. The van der Waals surface area contributed by atoms with Gasteiger partial charge in [0.1, 0.15) is 0 Å². The second-order valence-corrected chi connectivity index (χ2v) is 4.50. The summed E-state index contributed by atoms with van der Waals surface area (Å²) in [5.74, 6) is 0.479. The van der Waals surface area contributed by atoms with E-state index in [1.165, 1.54) is 11.8 Å². The number of anilines is 1. The highest BCUT2D eigenvalue weighted by molar-refractivity contribution is 8.00. The molecule has 0 aliphatic heterocycles. The Bertz CT molecular complexity index is 428. The minimum atomic E-state index is -0.120. The van der Waals surface area contributed by atoms with Crippen LogP contribution in [0.2, 0.25) is 5.02 Å². The number of nitrogens with zero attached hydrogens (tertiary/aromatic N) is 1. The molecular formula is C11H11ClN2OS. The standard InChI is InChI=1S/C11H11ClN2OS/c1-8-9(12)3-2-4-10(8)14-11(15)7-16-6-5-13/h2-4H,6-7H2,1H3,(H,14,15). The molecule has 0 aliphatic rings. The number of halogens is 1. The van der Waals surface area contributed by atoms with Crippen LogP contribution in [-0.2, 0) is 4.79 Å². The van der Waals surface area contributed by atoms with Crippen LogP contribution in [0.4, 0.5) is 5.69 Å². The first-order valence-corrected chi connectivity index (χ1v) is 6.18. The quantitative estimate of drug-likeness (QED) is 0.841. The molecule has 0 spiro atoms. The molecule has 0 radical (unpaired) electrons. The largest absolute Gasteiger partial charge is 0.325 e. The second kappa shape index (κ2) is 6.41. The highest BCUT2D eigenvalue weighted by Crippen LogP contribution is 2.22. The molecule has 1 aromatic carbocycles. The van der Waals surface area contributed by atoms with Gasteiger partial charge in [0.05, 0.1) is 17.6 Å². The molecule has 1 rings (SSSR count). The number of amides is 1. The summed E-state index contributed by atoms with van der Waals surface area (Å²) in [6.45, 7) is 1.85. The number of benzene rings is 1. The lowest BCUT2D eigenvalue weighted by Gasteiger charge is -2.08. The third kappa shape index (κ3) is 3.76. The van der Waals surface area contributed by atoms with E-state index in [0.717, 1.165) is 11.3 Å². The van der Waals surface area contributed by atoms with Crippen molar-refractivity contribution in [3.8, 4) is 6.07 Å².